The van der Waals surface area contributed by atoms with Gasteiger partial charge in [-0.1, -0.05) is 24.3 Å². The van der Waals surface area contributed by atoms with Crippen molar-refractivity contribution < 1.29 is 9.59 Å². The fourth-order valence-electron chi connectivity index (χ4n) is 4.08. The number of piperazine rings is 1. The number of fused-ring (bicyclic) bond motifs is 1. The summed E-state index contributed by atoms with van der Waals surface area (Å²) in [6.07, 6.45) is 1.39. The van der Waals surface area contributed by atoms with Crippen LogP contribution in [0.2, 0.25) is 0 Å². The molecule has 7 heteroatoms. The predicted octanol–water partition coefficient (Wildman–Crippen LogP) is 2.76. The minimum atomic E-state index is -0.184. The Morgan fingerprint density at radius 1 is 1.25 bits per heavy atom. The number of hydrogen-bond acceptors (Lipinski definition) is 5. The van der Waals surface area contributed by atoms with E-state index in [0.29, 0.717) is 26.1 Å². The molecule has 3 heterocycles. The average Bonchev–Trinajstić information content (AvgIpc) is 3.30. The smallest absolute Gasteiger partial charge is 0.228 e. The standard InChI is InChI=1S/C21H28N4O2S/c1-4-15-5-6-17-18(11-15)28-21(22-17)24-9-7-23(8-10-24)20(27)16-12-19(26)25(13-16)14(2)3/h5-6,11,14,16H,4,7-10,12-13H2,1-3H3. The van der Waals surface area contributed by atoms with Crippen molar-refractivity contribution in [3.63, 3.8) is 0 Å². The van der Waals surface area contributed by atoms with Crippen LogP contribution in [0.5, 0.6) is 0 Å². The first-order valence-electron chi connectivity index (χ1n) is 10.2. The van der Waals surface area contributed by atoms with Crippen molar-refractivity contribution in [1.29, 1.82) is 0 Å². The molecule has 2 saturated heterocycles. The Morgan fingerprint density at radius 3 is 2.64 bits per heavy atom. The van der Waals surface area contributed by atoms with Gasteiger partial charge >= 0.3 is 0 Å². The van der Waals surface area contributed by atoms with Gasteiger partial charge in [-0.2, -0.15) is 0 Å². The lowest BCUT2D eigenvalue weighted by atomic mass is 10.1. The molecule has 150 valence electrons. The van der Waals surface area contributed by atoms with Crippen LogP contribution in [0.25, 0.3) is 10.2 Å². The van der Waals surface area contributed by atoms with Crippen LogP contribution < -0.4 is 4.90 Å². The minimum Gasteiger partial charge on any atom is -0.345 e. The zero-order valence-corrected chi connectivity index (χ0v) is 17.7. The van der Waals surface area contributed by atoms with Crippen molar-refractivity contribution in [2.45, 2.75) is 39.7 Å². The number of rotatable bonds is 4. The maximum atomic E-state index is 12.9. The monoisotopic (exact) mass is 400 g/mol. The van der Waals surface area contributed by atoms with E-state index in [2.05, 4.69) is 30.0 Å². The Bertz CT molecular complexity index is 886. The van der Waals surface area contributed by atoms with Crippen LogP contribution in [0.1, 0.15) is 32.8 Å². The van der Waals surface area contributed by atoms with Crippen LogP contribution >= 0.6 is 11.3 Å². The first kappa shape index (κ1) is 19.2. The second-order valence-electron chi connectivity index (χ2n) is 8.01. The number of hydrogen-bond donors (Lipinski definition) is 0. The molecule has 2 aromatic rings. The van der Waals surface area contributed by atoms with Gasteiger partial charge in [-0.3, -0.25) is 9.59 Å². The summed E-state index contributed by atoms with van der Waals surface area (Å²) >= 11 is 1.73. The van der Waals surface area contributed by atoms with Crippen LogP contribution in [0.3, 0.4) is 0 Å². The van der Waals surface area contributed by atoms with Gasteiger partial charge in [0.15, 0.2) is 5.13 Å². The zero-order chi connectivity index (χ0) is 19.8. The molecular formula is C21H28N4O2S. The first-order valence-corrected chi connectivity index (χ1v) is 11.0. The molecule has 0 spiro atoms. The van der Waals surface area contributed by atoms with Gasteiger partial charge in [-0.05, 0) is 38.0 Å². The third kappa shape index (κ3) is 3.60. The Balaban J connectivity index is 1.38. The van der Waals surface area contributed by atoms with E-state index in [1.54, 1.807) is 11.3 Å². The first-order chi connectivity index (χ1) is 13.5. The number of aromatic nitrogens is 1. The van der Waals surface area contributed by atoms with Gasteiger partial charge in [0.1, 0.15) is 0 Å². The molecule has 2 fully saturated rings. The van der Waals surface area contributed by atoms with Crippen molar-refractivity contribution in [1.82, 2.24) is 14.8 Å². The number of amides is 2. The number of aryl methyl sites for hydroxylation is 1. The number of nitrogens with zero attached hydrogens (tertiary/aromatic N) is 4. The summed E-state index contributed by atoms with van der Waals surface area (Å²) < 4.78 is 1.23. The maximum Gasteiger partial charge on any atom is 0.228 e. The highest BCUT2D eigenvalue weighted by molar-refractivity contribution is 7.22. The highest BCUT2D eigenvalue weighted by atomic mass is 32.1. The lowest BCUT2D eigenvalue weighted by Gasteiger charge is -2.35. The molecule has 6 nitrogen and oxygen atoms in total. The van der Waals surface area contributed by atoms with E-state index in [4.69, 9.17) is 4.98 Å². The number of carbonyl (C=O) groups is 2. The SMILES string of the molecule is CCc1ccc2nc(N3CCN(C(=O)C4CC(=O)N(C(C)C)C4)CC3)sc2c1. The number of carbonyl (C=O) groups excluding carboxylic acids is 2. The van der Waals surface area contributed by atoms with Crippen molar-refractivity contribution >= 4 is 38.5 Å². The molecule has 2 amide bonds. The van der Waals surface area contributed by atoms with Gasteiger partial charge < -0.3 is 14.7 Å². The molecule has 0 bridgehead atoms. The van der Waals surface area contributed by atoms with E-state index in [1.165, 1.54) is 10.3 Å². The molecule has 2 aliphatic rings. The summed E-state index contributed by atoms with van der Waals surface area (Å²) in [5, 5.41) is 1.04. The molecule has 1 atom stereocenters. The van der Waals surface area contributed by atoms with E-state index in [1.807, 2.05) is 23.6 Å². The van der Waals surface area contributed by atoms with Crippen molar-refractivity contribution in [3.8, 4) is 0 Å². The second-order valence-corrected chi connectivity index (χ2v) is 9.01. The van der Waals surface area contributed by atoms with Crippen LogP contribution in [0.15, 0.2) is 18.2 Å². The summed E-state index contributed by atoms with van der Waals surface area (Å²) in [4.78, 5) is 35.8. The van der Waals surface area contributed by atoms with E-state index in [-0.39, 0.29) is 23.8 Å². The van der Waals surface area contributed by atoms with Gasteiger partial charge in [0, 0.05) is 45.2 Å². The van der Waals surface area contributed by atoms with Crippen molar-refractivity contribution in [3.05, 3.63) is 23.8 Å². The lowest BCUT2D eigenvalue weighted by molar-refractivity contribution is -0.136. The zero-order valence-electron chi connectivity index (χ0n) is 16.9. The molecule has 0 radical (unpaired) electrons. The Labute approximate surface area is 170 Å². The number of likely N-dealkylation sites (tertiary alicyclic amines) is 1. The lowest BCUT2D eigenvalue weighted by Crippen LogP contribution is -2.50. The van der Waals surface area contributed by atoms with Crippen molar-refractivity contribution in [2.75, 3.05) is 37.6 Å². The third-order valence-electron chi connectivity index (χ3n) is 5.84. The second kappa shape index (κ2) is 7.70. The molecule has 0 aliphatic carbocycles. The van der Waals surface area contributed by atoms with Crippen LogP contribution in [-0.2, 0) is 16.0 Å². The van der Waals surface area contributed by atoms with E-state index < -0.39 is 0 Å². The largest absolute Gasteiger partial charge is 0.345 e. The van der Waals surface area contributed by atoms with Gasteiger partial charge in [-0.15, -0.1) is 0 Å². The number of thiazole rings is 1. The molecule has 2 aliphatic heterocycles. The fourth-order valence-corrected chi connectivity index (χ4v) is 5.17. The van der Waals surface area contributed by atoms with E-state index in [9.17, 15) is 9.59 Å². The third-order valence-corrected chi connectivity index (χ3v) is 6.92. The summed E-state index contributed by atoms with van der Waals surface area (Å²) in [5.41, 5.74) is 2.38. The molecule has 1 unspecified atom stereocenters. The molecule has 4 rings (SSSR count). The number of anilines is 1. The van der Waals surface area contributed by atoms with E-state index in [0.717, 1.165) is 30.2 Å². The summed E-state index contributed by atoms with van der Waals surface area (Å²) in [5.74, 6) is 0.0531. The molecule has 0 saturated carbocycles. The Hall–Kier alpha value is -2.15. The Morgan fingerprint density at radius 2 is 2.00 bits per heavy atom. The summed E-state index contributed by atoms with van der Waals surface area (Å²) in [7, 11) is 0. The summed E-state index contributed by atoms with van der Waals surface area (Å²) in [6.45, 7) is 9.71. The summed E-state index contributed by atoms with van der Waals surface area (Å²) in [6, 6.07) is 6.64. The fraction of sp³-hybridized carbons (Fsp3) is 0.571. The topological polar surface area (TPSA) is 56.8 Å². The van der Waals surface area contributed by atoms with Crippen LogP contribution in [-0.4, -0.2) is 65.4 Å². The highest BCUT2D eigenvalue weighted by Crippen LogP contribution is 2.31. The molecule has 28 heavy (non-hydrogen) atoms. The van der Waals surface area contributed by atoms with Gasteiger partial charge in [0.25, 0.3) is 0 Å². The average molecular weight is 401 g/mol. The predicted molar refractivity (Wildman–Crippen MR) is 113 cm³/mol. The molecule has 1 aromatic heterocycles. The molecular weight excluding hydrogens is 372 g/mol. The van der Waals surface area contributed by atoms with Crippen molar-refractivity contribution in [2.24, 2.45) is 5.92 Å². The maximum absolute atomic E-state index is 12.9. The van der Waals surface area contributed by atoms with Gasteiger partial charge in [-0.25, -0.2) is 4.98 Å². The van der Waals surface area contributed by atoms with Gasteiger partial charge in [0.05, 0.1) is 16.1 Å². The van der Waals surface area contributed by atoms with Crippen LogP contribution in [0, 0.1) is 5.92 Å². The van der Waals surface area contributed by atoms with E-state index >= 15 is 0 Å². The van der Waals surface area contributed by atoms with Crippen LogP contribution in [0.4, 0.5) is 5.13 Å². The highest BCUT2D eigenvalue weighted by Gasteiger charge is 2.38. The quantitative estimate of drug-likeness (QED) is 0.792. The Kier molecular flexibility index (Phi) is 5.27. The molecule has 1 aromatic carbocycles. The normalized spacial score (nSPS) is 20.6. The van der Waals surface area contributed by atoms with Gasteiger partial charge in [0.2, 0.25) is 11.8 Å². The minimum absolute atomic E-state index is 0.105. The number of benzene rings is 1. The molecule has 0 N–H and O–H groups in total.